The zero-order valence-corrected chi connectivity index (χ0v) is 9.19. The Kier molecular flexibility index (Phi) is 2.88. The van der Waals surface area contributed by atoms with Crippen molar-refractivity contribution in [3.63, 3.8) is 0 Å². The number of carboxylic acid groups (broad SMARTS) is 1. The molecule has 0 spiro atoms. The molecule has 6 heteroatoms. The summed E-state index contributed by atoms with van der Waals surface area (Å²) in [4.78, 5) is 34.1. The van der Waals surface area contributed by atoms with Gasteiger partial charge in [-0.05, 0) is 17.5 Å². The number of hydrogen-bond acceptors (Lipinski definition) is 5. The van der Waals surface area contributed by atoms with Crippen LogP contribution in [0.2, 0.25) is 0 Å². The summed E-state index contributed by atoms with van der Waals surface area (Å²) in [5.74, 6) is -3.73. The third-order valence-electron chi connectivity index (χ3n) is 2.06. The number of aliphatic carboxylic acids is 1. The Balaban J connectivity index is 2.41. The smallest absolute Gasteiger partial charge is 0.380 e. The van der Waals surface area contributed by atoms with Crippen molar-refractivity contribution in [3.8, 4) is 0 Å². The van der Waals surface area contributed by atoms with Gasteiger partial charge in [-0.2, -0.15) is 0 Å². The first-order valence-corrected chi connectivity index (χ1v) is 5.42. The highest BCUT2D eigenvalue weighted by atomic mass is 32.1. The van der Waals surface area contributed by atoms with Crippen LogP contribution in [0, 0.1) is 0 Å². The molecule has 0 atom stereocenters. The van der Waals surface area contributed by atoms with Crippen molar-refractivity contribution in [2.45, 2.75) is 0 Å². The zero-order valence-electron chi connectivity index (χ0n) is 8.38. The molecule has 86 valence electrons. The molecule has 0 aliphatic rings. The topological polar surface area (TPSA) is 84.6 Å². The second-order valence-corrected chi connectivity index (χ2v) is 4.05. The maximum Gasteiger partial charge on any atom is 0.380 e. The summed E-state index contributed by atoms with van der Waals surface area (Å²) >= 11 is 1.21. The van der Waals surface area contributed by atoms with E-state index < -0.39 is 23.3 Å². The predicted molar refractivity (Wildman–Crippen MR) is 58.4 cm³/mol. The fourth-order valence-electron chi connectivity index (χ4n) is 1.30. The molecule has 0 unspecified atom stereocenters. The Hall–Kier alpha value is -2.21. The van der Waals surface area contributed by atoms with Crippen LogP contribution >= 0.6 is 11.3 Å². The van der Waals surface area contributed by atoms with Crippen molar-refractivity contribution in [2.24, 2.45) is 0 Å². The zero-order chi connectivity index (χ0) is 12.4. The molecule has 2 aromatic heterocycles. The number of carbonyl (C=O) groups is 3. The Bertz CT molecular complexity index is 579. The van der Waals surface area contributed by atoms with Crippen LogP contribution < -0.4 is 0 Å². The SMILES string of the molecule is O=C(O)C(=O)c1occc1C(=O)c1cccs1. The van der Waals surface area contributed by atoms with E-state index in [0.29, 0.717) is 4.88 Å². The van der Waals surface area contributed by atoms with Gasteiger partial charge in [0.15, 0.2) is 5.76 Å². The highest BCUT2D eigenvalue weighted by Gasteiger charge is 2.26. The van der Waals surface area contributed by atoms with Crippen LogP contribution in [0.4, 0.5) is 0 Å². The number of ketones is 2. The molecule has 0 radical (unpaired) electrons. The molecule has 0 amide bonds. The van der Waals surface area contributed by atoms with E-state index in [-0.39, 0.29) is 5.56 Å². The number of carboxylic acids is 1. The molecule has 0 bridgehead atoms. The monoisotopic (exact) mass is 250 g/mol. The number of thiophene rings is 1. The summed E-state index contributed by atoms with van der Waals surface area (Å²) in [6.07, 6.45) is 1.12. The molecule has 17 heavy (non-hydrogen) atoms. The van der Waals surface area contributed by atoms with Crippen molar-refractivity contribution in [3.05, 3.63) is 46.0 Å². The van der Waals surface area contributed by atoms with Gasteiger partial charge in [-0.1, -0.05) is 6.07 Å². The molecule has 2 aromatic rings. The normalized spacial score (nSPS) is 10.1. The van der Waals surface area contributed by atoms with Crippen LogP contribution in [0.5, 0.6) is 0 Å². The van der Waals surface area contributed by atoms with Gasteiger partial charge in [0.2, 0.25) is 5.78 Å². The van der Waals surface area contributed by atoms with Crippen LogP contribution in [-0.4, -0.2) is 22.6 Å². The minimum Gasteiger partial charge on any atom is -0.475 e. The number of furan rings is 1. The Morgan fingerprint density at radius 2 is 2.00 bits per heavy atom. The molecule has 0 saturated heterocycles. The molecule has 0 aliphatic carbocycles. The van der Waals surface area contributed by atoms with E-state index in [9.17, 15) is 14.4 Å². The van der Waals surface area contributed by atoms with Gasteiger partial charge in [-0.3, -0.25) is 9.59 Å². The minimum atomic E-state index is -1.65. The van der Waals surface area contributed by atoms with E-state index in [1.165, 1.54) is 17.4 Å². The molecule has 0 aromatic carbocycles. The number of Topliss-reactive ketones (excluding diaryl/α,β-unsaturated/α-hetero) is 1. The van der Waals surface area contributed by atoms with E-state index in [0.717, 1.165) is 6.26 Å². The van der Waals surface area contributed by atoms with Gasteiger partial charge in [-0.15, -0.1) is 11.3 Å². The van der Waals surface area contributed by atoms with Crippen molar-refractivity contribution in [2.75, 3.05) is 0 Å². The lowest BCUT2D eigenvalue weighted by Crippen LogP contribution is -2.15. The lowest BCUT2D eigenvalue weighted by Gasteiger charge is -1.96. The number of carbonyl (C=O) groups excluding carboxylic acids is 2. The highest BCUT2D eigenvalue weighted by molar-refractivity contribution is 7.12. The van der Waals surface area contributed by atoms with Gasteiger partial charge in [0.05, 0.1) is 16.7 Å². The second kappa shape index (κ2) is 4.34. The van der Waals surface area contributed by atoms with Gasteiger partial charge >= 0.3 is 11.8 Å². The van der Waals surface area contributed by atoms with Gasteiger partial charge in [-0.25, -0.2) is 4.79 Å². The second-order valence-electron chi connectivity index (χ2n) is 3.10. The Labute approximate surface area is 99.3 Å². The molecule has 0 saturated carbocycles. The average Bonchev–Trinajstić information content (AvgIpc) is 2.97. The fraction of sp³-hybridized carbons (Fsp3) is 0. The molecule has 2 rings (SSSR count). The van der Waals surface area contributed by atoms with E-state index in [1.54, 1.807) is 17.5 Å². The van der Waals surface area contributed by atoms with Crippen molar-refractivity contribution in [1.82, 2.24) is 0 Å². The number of rotatable bonds is 4. The Morgan fingerprint density at radius 1 is 1.24 bits per heavy atom. The van der Waals surface area contributed by atoms with E-state index in [4.69, 9.17) is 9.52 Å². The van der Waals surface area contributed by atoms with E-state index in [2.05, 4.69) is 0 Å². The molecule has 0 fully saturated rings. The van der Waals surface area contributed by atoms with Crippen LogP contribution in [0.1, 0.15) is 25.8 Å². The van der Waals surface area contributed by atoms with Crippen LogP contribution in [-0.2, 0) is 4.79 Å². The molecular formula is C11H6O5S. The van der Waals surface area contributed by atoms with Crippen molar-refractivity contribution >= 4 is 28.9 Å². The molecule has 0 aliphatic heterocycles. The maximum absolute atomic E-state index is 11.9. The first kappa shape index (κ1) is 11.3. The summed E-state index contributed by atoms with van der Waals surface area (Å²) in [6.45, 7) is 0. The van der Waals surface area contributed by atoms with Crippen LogP contribution in [0.3, 0.4) is 0 Å². The minimum absolute atomic E-state index is 0.0279. The summed E-state index contributed by atoms with van der Waals surface area (Å²) in [5, 5.41) is 10.3. The number of hydrogen-bond donors (Lipinski definition) is 1. The van der Waals surface area contributed by atoms with Gasteiger partial charge in [0.1, 0.15) is 0 Å². The maximum atomic E-state index is 11.9. The third kappa shape index (κ3) is 2.02. The largest absolute Gasteiger partial charge is 0.475 e. The van der Waals surface area contributed by atoms with Gasteiger partial charge in [0.25, 0.3) is 0 Å². The molecule has 2 heterocycles. The molecular weight excluding hydrogens is 244 g/mol. The summed E-state index contributed by atoms with van der Waals surface area (Å²) in [5.41, 5.74) is -0.0279. The first-order chi connectivity index (χ1) is 8.11. The van der Waals surface area contributed by atoms with E-state index in [1.807, 2.05) is 0 Å². The lowest BCUT2D eigenvalue weighted by atomic mass is 10.1. The summed E-state index contributed by atoms with van der Waals surface area (Å²) < 4.78 is 4.76. The fourth-order valence-corrected chi connectivity index (χ4v) is 1.98. The molecule has 1 N–H and O–H groups in total. The van der Waals surface area contributed by atoms with Gasteiger partial charge in [0, 0.05) is 0 Å². The Morgan fingerprint density at radius 3 is 2.59 bits per heavy atom. The van der Waals surface area contributed by atoms with Crippen LogP contribution in [0.25, 0.3) is 0 Å². The lowest BCUT2D eigenvalue weighted by molar-refractivity contribution is -0.131. The van der Waals surface area contributed by atoms with Crippen molar-refractivity contribution in [1.29, 1.82) is 0 Å². The summed E-state index contributed by atoms with van der Waals surface area (Å²) in [6, 6.07) is 4.57. The van der Waals surface area contributed by atoms with Gasteiger partial charge < -0.3 is 9.52 Å². The average molecular weight is 250 g/mol. The first-order valence-electron chi connectivity index (χ1n) is 4.54. The van der Waals surface area contributed by atoms with Crippen LogP contribution in [0.15, 0.2) is 34.3 Å². The predicted octanol–water partition coefficient (Wildman–Crippen LogP) is 1.84. The van der Waals surface area contributed by atoms with E-state index >= 15 is 0 Å². The molecule has 5 nitrogen and oxygen atoms in total. The highest BCUT2D eigenvalue weighted by Crippen LogP contribution is 2.19. The summed E-state index contributed by atoms with van der Waals surface area (Å²) in [7, 11) is 0. The van der Waals surface area contributed by atoms with Crippen molar-refractivity contribution < 1.29 is 23.9 Å². The third-order valence-corrected chi connectivity index (χ3v) is 2.92. The standard InChI is InChI=1S/C11H6O5S/c12-8(7-2-1-5-17-7)6-3-4-16-10(6)9(13)11(14)15/h1-5H,(H,14,15). The quantitative estimate of drug-likeness (QED) is 0.661.